The first-order valence-corrected chi connectivity index (χ1v) is 10.0. The predicted molar refractivity (Wildman–Crippen MR) is 118 cm³/mol. The minimum Gasteiger partial charge on any atom is -0.463 e. The van der Waals surface area contributed by atoms with Crippen molar-refractivity contribution in [1.82, 2.24) is 9.99 Å². The molecule has 1 N–H and O–H groups in total. The number of esters is 1. The van der Waals surface area contributed by atoms with Gasteiger partial charge < -0.3 is 9.72 Å². The molecule has 0 saturated heterocycles. The first-order valence-electron chi connectivity index (χ1n) is 10.0. The quantitative estimate of drug-likeness (QED) is 0.271. The number of nitro groups is 1. The number of hydrogen-bond acceptors (Lipinski definition) is 6. The number of carbonyl (C=O) groups is 1. The largest absolute Gasteiger partial charge is 0.463 e. The zero-order chi connectivity index (χ0) is 22.0. The lowest BCUT2D eigenvalue weighted by Gasteiger charge is -2.23. The highest BCUT2D eigenvalue weighted by molar-refractivity contribution is 6.02. The van der Waals surface area contributed by atoms with E-state index in [1.54, 1.807) is 24.9 Å². The highest BCUT2D eigenvalue weighted by atomic mass is 16.6. The van der Waals surface area contributed by atoms with E-state index in [-0.39, 0.29) is 18.3 Å². The fourth-order valence-electron chi connectivity index (χ4n) is 3.75. The van der Waals surface area contributed by atoms with Gasteiger partial charge in [-0.2, -0.15) is 5.10 Å². The van der Waals surface area contributed by atoms with Crippen molar-refractivity contribution >= 4 is 28.3 Å². The molecule has 0 unspecified atom stereocenters. The van der Waals surface area contributed by atoms with Gasteiger partial charge in [-0.1, -0.05) is 30.3 Å². The highest BCUT2D eigenvalue weighted by Gasteiger charge is 2.31. The van der Waals surface area contributed by atoms with Crippen molar-refractivity contribution in [1.29, 1.82) is 0 Å². The monoisotopic (exact) mass is 418 g/mol. The molecule has 0 saturated carbocycles. The number of para-hydroxylation sites is 1. The number of H-pyrrole nitrogens is 1. The first-order chi connectivity index (χ1) is 15.0. The Balaban J connectivity index is 1.74. The molecule has 1 aliphatic heterocycles. The van der Waals surface area contributed by atoms with Crippen LogP contribution in [0, 0.1) is 10.1 Å². The van der Waals surface area contributed by atoms with E-state index >= 15 is 0 Å². The van der Waals surface area contributed by atoms with Crippen molar-refractivity contribution in [3.8, 4) is 0 Å². The maximum atomic E-state index is 12.0. The standard InChI is InChI=1S/C23H22N4O4/c1-3-31-23(28)11-15(2)26-22(21-13-17-7-4-5-10-19(17)24-21)14-20(25-26)16-8-6-9-18(12-16)27(29)30/h4-13,22,24H,3,14H2,1-2H3/b15-11-/t22-/m0/s1. The number of hydrogen-bond donors (Lipinski definition) is 1. The van der Waals surface area contributed by atoms with E-state index in [2.05, 4.69) is 11.1 Å². The molecule has 158 valence electrons. The van der Waals surface area contributed by atoms with Crippen molar-refractivity contribution < 1.29 is 14.5 Å². The van der Waals surface area contributed by atoms with Crippen LogP contribution in [0.4, 0.5) is 5.69 Å². The summed E-state index contributed by atoms with van der Waals surface area (Å²) in [5, 5.41) is 18.8. The topological polar surface area (TPSA) is 101 Å². The molecule has 1 aliphatic rings. The summed E-state index contributed by atoms with van der Waals surface area (Å²) in [5.74, 6) is -0.436. The molecule has 0 fully saturated rings. The van der Waals surface area contributed by atoms with Gasteiger partial charge in [-0.15, -0.1) is 0 Å². The Hall–Kier alpha value is -3.94. The summed E-state index contributed by atoms with van der Waals surface area (Å²) in [6.07, 6.45) is 1.95. The van der Waals surface area contributed by atoms with Crippen LogP contribution in [-0.4, -0.2) is 33.2 Å². The van der Waals surface area contributed by atoms with Crippen LogP contribution >= 0.6 is 0 Å². The van der Waals surface area contributed by atoms with Crippen LogP contribution in [-0.2, 0) is 9.53 Å². The van der Waals surface area contributed by atoms with Gasteiger partial charge in [0.25, 0.3) is 5.69 Å². The summed E-state index contributed by atoms with van der Waals surface area (Å²) in [4.78, 5) is 26.2. The Kier molecular flexibility index (Phi) is 5.53. The zero-order valence-electron chi connectivity index (χ0n) is 17.2. The number of hydrazone groups is 1. The zero-order valence-corrected chi connectivity index (χ0v) is 17.2. The third kappa shape index (κ3) is 4.18. The van der Waals surface area contributed by atoms with Crippen LogP contribution in [0.15, 0.2) is 71.5 Å². The van der Waals surface area contributed by atoms with Gasteiger partial charge in [-0.25, -0.2) is 4.79 Å². The number of fused-ring (bicyclic) bond motifs is 1. The molecule has 2 aromatic carbocycles. The molecule has 0 spiro atoms. The number of aromatic amines is 1. The summed E-state index contributed by atoms with van der Waals surface area (Å²) >= 11 is 0. The molecular weight excluding hydrogens is 396 g/mol. The van der Waals surface area contributed by atoms with Gasteiger partial charge in [0, 0.05) is 47.1 Å². The maximum absolute atomic E-state index is 12.0. The maximum Gasteiger partial charge on any atom is 0.332 e. The molecule has 3 aromatic rings. The number of benzene rings is 2. The molecule has 1 aromatic heterocycles. The van der Waals surface area contributed by atoms with E-state index in [0.29, 0.717) is 23.4 Å². The molecule has 2 heterocycles. The van der Waals surface area contributed by atoms with Crippen molar-refractivity contribution in [2.24, 2.45) is 5.10 Å². The van der Waals surface area contributed by atoms with Crippen molar-refractivity contribution in [3.05, 3.63) is 87.7 Å². The number of non-ortho nitro benzene ring substituents is 1. The van der Waals surface area contributed by atoms with Gasteiger partial charge in [0.15, 0.2) is 0 Å². The van der Waals surface area contributed by atoms with Crippen LogP contribution < -0.4 is 0 Å². The number of nitrogens with one attached hydrogen (secondary N) is 1. The lowest BCUT2D eigenvalue weighted by atomic mass is 10.0. The number of aromatic nitrogens is 1. The second kappa shape index (κ2) is 8.43. The SMILES string of the molecule is CCOC(=O)/C=C(/C)N1N=C(c2cccc([N+](=O)[O-])c2)C[C@H]1c1cc2ccccc2[nH]1. The van der Waals surface area contributed by atoms with E-state index in [1.165, 1.54) is 18.2 Å². The van der Waals surface area contributed by atoms with Crippen LogP contribution in [0.3, 0.4) is 0 Å². The van der Waals surface area contributed by atoms with Crippen LogP contribution in [0.25, 0.3) is 10.9 Å². The average Bonchev–Trinajstić information content (AvgIpc) is 3.38. The van der Waals surface area contributed by atoms with Gasteiger partial charge in [0.2, 0.25) is 0 Å². The second-order valence-corrected chi connectivity index (χ2v) is 7.27. The number of nitro benzene ring substituents is 1. The first kappa shape index (κ1) is 20.3. The minimum absolute atomic E-state index is 0.0135. The number of ether oxygens (including phenoxy) is 1. The number of nitrogens with zero attached hydrogens (tertiary/aromatic N) is 3. The Morgan fingerprint density at radius 1 is 1.29 bits per heavy atom. The van der Waals surface area contributed by atoms with Gasteiger partial charge in [0.05, 0.1) is 23.3 Å². The van der Waals surface area contributed by atoms with Crippen LogP contribution in [0.2, 0.25) is 0 Å². The second-order valence-electron chi connectivity index (χ2n) is 7.27. The van der Waals surface area contributed by atoms with Crippen LogP contribution in [0.1, 0.15) is 37.6 Å². The molecule has 4 rings (SSSR count). The van der Waals surface area contributed by atoms with E-state index < -0.39 is 10.9 Å². The van der Waals surface area contributed by atoms with Gasteiger partial charge in [-0.3, -0.25) is 15.1 Å². The minimum atomic E-state index is -0.436. The molecule has 0 aliphatic carbocycles. The van der Waals surface area contributed by atoms with Crippen molar-refractivity contribution in [2.75, 3.05) is 6.61 Å². The predicted octanol–water partition coefficient (Wildman–Crippen LogP) is 4.69. The van der Waals surface area contributed by atoms with E-state index in [0.717, 1.165) is 16.6 Å². The van der Waals surface area contributed by atoms with E-state index in [1.807, 2.05) is 30.3 Å². The van der Waals surface area contributed by atoms with Gasteiger partial charge in [0.1, 0.15) is 0 Å². The summed E-state index contributed by atoms with van der Waals surface area (Å²) < 4.78 is 5.04. The van der Waals surface area contributed by atoms with E-state index in [4.69, 9.17) is 9.84 Å². The van der Waals surface area contributed by atoms with Crippen LogP contribution in [0.5, 0.6) is 0 Å². The molecule has 8 nitrogen and oxygen atoms in total. The molecular formula is C23H22N4O4. The lowest BCUT2D eigenvalue weighted by Crippen LogP contribution is -2.19. The average molecular weight is 418 g/mol. The lowest BCUT2D eigenvalue weighted by molar-refractivity contribution is -0.384. The van der Waals surface area contributed by atoms with Gasteiger partial charge in [-0.05, 0) is 31.4 Å². The molecule has 1 atom stereocenters. The van der Waals surface area contributed by atoms with E-state index in [9.17, 15) is 14.9 Å². The summed E-state index contributed by atoms with van der Waals surface area (Å²) in [6, 6.07) is 16.3. The Morgan fingerprint density at radius 3 is 2.84 bits per heavy atom. The molecule has 0 radical (unpaired) electrons. The highest BCUT2D eigenvalue weighted by Crippen LogP contribution is 2.36. The van der Waals surface area contributed by atoms with Gasteiger partial charge >= 0.3 is 5.97 Å². The number of allylic oxidation sites excluding steroid dienone is 1. The summed E-state index contributed by atoms with van der Waals surface area (Å²) in [6.45, 7) is 3.84. The molecule has 0 bridgehead atoms. The summed E-state index contributed by atoms with van der Waals surface area (Å²) in [5.41, 5.74) is 3.99. The van der Waals surface area contributed by atoms with Crippen molar-refractivity contribution in [2.45, 2.75) is 26.3 Å². The fraction of sp³-hybridized carbons (Fsp3) is 0.217. The third-order valence-corrected chi connectivity index (χ3v) is 5.19. The molecule has 31 heavy (non-hydrogen) atoms. The normalized spacial score (nSPS) is 16.5. The summed E-state index contributed by atoms with van der Waals surface area (Å²) in [7, 11) is 0. The Labute approximate surface area is 179 Å². The fourth-order valence-corrected chi connectivity index (χ4v) is 3.75. The Morgan fingerprint density at radius 2 is 2.10 bits per heavy atom. The Bertz CT molecular complexity index is 1180. The smallest absolute Gasteiger partial charge is 0.332 e. The van der Waals surface area contributed by atoms with Crippen molar-refractivity contribution in [3.63, 3.8) is 0 Å². The third-order valence-electron chi connectivity index (χ3n) is 5.19. The molecule has 8 heteroatoms. The number of carbonyl (C=O) groups excluding carboxylic acids is 1. The molecule has 0 amide bonds. The number of rotatable bonds is 6.